The van der Waals surface area contributed by atoms with Gasteiger partial charge in [-0.05, 0) is 42.5 Å². The first-order chi connectivity index (χ1) is 9.01. The molecule has 0 amide bonds. The molecule has 0 saturated carbocycles. The Bertz CT molecular complexity index is 407. The molecule has 3 nitrogen and oxygen atoms in total. The Kier molecular flexibility index (Phi) is 6.89. The zero-order chi connectivity index (χ0) is 14.3. The number of rotatable bonds is 7. The second kappa shape index (κ2) is 8.18. The first-order valence-corrected chi connectivity index (χ1v) is 6.99. The van der Waals surface area contributed by atoms with Crippen LogP contribution in [0, 0.1) is 11.8 Å². The van der Waals surface area contributed by atoms with Crippen LogP contribution in [0.2, 0.25) is 5.02 Å². The van der Waals surface area contributed by atoms with Crippen molar-refractivity contribution in [3.63, 3.8) is 0 Å². The zero-order valence-corrected chi connectivity index (χ0v) is 12.3. The molecule has 0 spiro atoms. The first-order valence-electron chi connectivity index (χ1n) is 6.61. The monoisotopic (exact) mass is 283 g/mol. The molecule has 0 aromatic heterocycles. The van der Waals surface area contributed by atoms with Gasteiger partial charge in [0.05, 0.1) is 0 Å². The number of carbonyl (C=O) groups excluding carboxylic acids is 1. The number of esters is 1. The van der Waals surface area contributed by atoms with Crippen molar-refractivity contribution in [1.82, 2.24) is 0 Å². The Morgan fingerprint density at radius 3 is 2.74 bits per heavy atom. The van der Waals surface area contributed by atoms with Gasteiger partial charge < -0.3 is 10.5 Å². The number of ether oxygens (including phenoxy) is 1. The first kappa shape index (κ1) is 16.0. The molecule has 0 heterocycles. The van der Waals surface area contributed by atoms with Gasteiger partial charge in [-0.3, -0.25) is 4.79 Å². The topological polar surface area (TPSA) is 52.3 Å². The van der Waals surface area contributed by atoms with E-state index < -0.39 is 0 Å². The third kappa shape index (κ3) is 6.60. The van der Waals surface area contributed by atoms with Crippen LogP contribution in [0.4, 0.5) is 0 Å². The summed E-state index contributed by atoms with van der Waals surface area (Å²) in [5, 5.41) is 0.646. The molecule has 4 heteroatoms. The Balaban J connectivity index is 2.38. The summed E-state index contributed by atoms with van der Waals surface area (Å²) in [4.78, 5) is 11.7. The molecule has 0 radical (unpaired) electrons. The molecule has 1 atom stereocenters. The normalized spacial score (nSPS) is 12.5. The molecule has 1 aromatic rings. The lowest BCUT2D eigenvalue weighted by Crippen LogP contribution is -2.21. The summed E-state index contributed by atoms with van der Waals surface area (Å²) in [6.07, 6.45) is 1.33. The standard InChI is InChI=1S/C15H22ClNO2/c1-11(2)6-13(9-17)8-15(18)19-10-12-4-3-5-14(16)7-12/h3-5,7,11,13H,6,8-10,17H2,1-2H3/t13-/m0/s1. The Labute approximate surface area is 120 Å². The minimum absolute atomic E-state index is 0.198. The molecule has 0 fully saturated rings. The van der Waals surface area contributed by atoms with Gasteiger partial charge in [0.1, 0.15) is 6.61 Å². The third-order valence-electron chi connectivity index (χ3n) is 2.88. The molecular weight excluding hydrogens is 262 g/mol. The smallest absolute Gasteiger partial charge is 0.306 e. The van der Waals surface area contributed by atoms with Crippen LogP contribution in [0.5, 0.6) is 0 Å². The van der Waals surface area contributed by atoms with Crippen LogP contribution < -0.4 is 5.73 Å². The lowest BCUT2D eigenvalue weighted by atomic mass is 9.94. The molecule has 1 aromatic carbocycles. The van der Waals surface area contributed by atoms with Gasteiger partial charge in [-0.15, -0.1) is 0 Å². The molecular formula is C15H22ClNO2. The molecule has 0 saturated heterocycles. The number of carbonyl (C=O) groups is 1. The summed E-state index contributed by atoms with van der Waals surface area (Å²) in [6, 6.07) is 7.31. The molecule has 0 aliphatic carbocycles. The van der Waals surface area contributed by atoms with Gasteiger partial charge in [-0.2, -0.15) is 0 Å². The van der Waals surface area contributed by atoms with Crippen molar-refractivity contribution in [2.75, 3.05) is 6.54 Å². The van der Waals surface area contributed by atoms with E-state index in [0.717, 1.165) is 12.0 Å². The third-order valence-corrected chi connectivity index (χ3v) is 3.12. The van der Waals surface area contributed by atoms with E-state index in [2.05, 4.69) is 13.8 Å². The highest BCUT2D eigenvalue weighted by molar-refractivity contribution is 6.30. The van der Waals surface area contributed by atoms with Gasteiger partial charge in [0, 0.05) is 11.4 Å². The van der Waals surface area contributed by atoms with Crippen molar-refractivity contribution in [3.05, 3.63) is 34.9 Å². The van der Waals surface area contributed by atoms with E-state index >= 15 is 0 Å². The van der Waals surface area contributed by atoms with Gasteiger partial charge in [0.15, 0.2) is 0 Å². The second-order valence-electron chi connectivity index (χ2n) is 5.23. The van der Waals surface area contributed by atoms with Crippen molar-refractivity contribution < 1.29 is 9.53 Å². The van der Waals surface area contributed by atoms with Gasteiger partial charge >= 0.3 is 5.97 Å². The van der Waals surface area contributed by atoms with Crippen molar-refractivity contribution in [3.8, 4) is 0 Å². The lowest BCUT2D eigenvalue weighted by Gasteiger charge is -2.16. The maximum Gasteiger partial charge on any atom is 0.306 e. The van der Waals surface area contributed by atoms with Crippen LogP contribution in [-0.2, 0) is 16.1 Å². The second-order valence-corrected chi connectivity index (χ2v) is 5.66. The summed E-state index contributed by atoms with van der Waals surface area (Å²) in [6.45, 7) is 5.03. The number of nitrogens with two attached hydrogens (primary N) is 1. The van der Waals surface area contributed by atoms with Gasteiger partial charge in [-0.25, -0.2) is 0 Å². The van der Waals surface area contributed by atoms with Crippen LogP contribution in [0.1, 0.15) is 32.3 Å². The van der Waals surface area contributed by atoms with Crippen molar-refractivity contribution in [2.45, 2.75) is 33.3 Å². The van der Waals surface area contributed by atoms with E-state index in [1.165, 1.54) is 0 Å². The van der Waals surface area contributed by atoms with E-state index in [1.807, 2.05) is 12.1 Å². The predicted octanol–water partition coefficient (Wildman–Crippen LogP) is 3.39. The molecule has 2 N–H and O–H groups in total. The van der Waals surface area contributed by atoms with Gasteiger partial charge in [-0.1, -0.05) is 37.6 Å². The highest BCUT2D eigenvalue weighted by Crippen LogP contribution is 2.16. The summed E-state index contributed by atoms with van der Waals surface area (Å²) in [7, 11) is 0. The molecule has 0 aliphatic heterocycles. The molecule has 106 valence electrons. The van der Waals surface area contributed by atoms with E-state index in [0.29, 0.717) is 23.9 Å². The van der Waals surface area contributed by atoms with Crippen LogP contribution in [0.25, 0.3) is 0 Å². The van der Waals surface area contributed by atoms with Crippen molar-refractivity contribution in [1.29, 1.82) is 0 Å². The zero-order valence-electron chi connectivity index (χ0n) is 11.6. The van der Waals surface area contributed by atoms with Gasteiger partial charge in [0.25, 0.3) is 0 Å². The quantitative estimate of drug-likeness (QED) is 0.781. The Morgan fingerprint density at radius 1 is 1.42 bits per heavy atom. The van der Waals surface area contributed by atoms with E-state index in [4.69, 9.17) is 22.1 Å². The number of benzene rings is 1. The Hall–Kier alpha value is -1.06. The summed E-state index contributed by atoms with van der Waals surface area (Å²) < 4.78 is 5.24. The molecule has 19 heavy (non-hydrogen) atoms. The molecule has 0 unspecified atom stereocenters. The van der Waals surface area contributed by atoms with Crippen LogP contribution in [0.3, 0.4) is 0 Å². The maximum atomic E-state index is 11.7. The maximum absolute atomic E-state index is 11.7. The van der Waals surface area contributed by atoms with E-state index in [-0.39, 0.29) is 18.5 Å². The van der Waals surface area contributed by atoms with E-state index in [1.54, 1.807) is 12.1 Å². The fourth-order valence-electron chi connectivity index (χ4n) is 2.01. The van der Waals surface area contributed by atoms with Crippen molar-refractivity contribution >= 4 is 17.6 Å². The van der Waals surface area contributed by atoms with Crippen LogP contribution in [0.15, 0.2) is 24.3 Å². The predicted molar refractivity (Wildman–Crippen MR) is 77.9 cm³/mol. The summed E-state index contributed by atoms with van der Waals surface area (Å²) >= 11 is 5.87. The summed E-state index contributed by atoms with van der Waals surface area (Å²) in [5.41, 5.74) is 6.57. The minimum Gasteiger partial charge on any atom is -0.461 e. The fraction of sp³-hybridized carbons (Fsp3) is 0.533. The van der Waals surface area contributed by atoms with Crippen LogP contribution in [-0.4, -0.2) is 12.5 Å². The highest BCUT2D eigenvalue weighted by atomic mass is 35.5. The largest absolute Gasteiger partial charge is 0.461 e. The highest BCUT2D eigenvalue weighted by Gasteiger charge is 2.15. The number of halogens is 1. The van der Waals surface area contributed by atoms with Gasteiger partial charge in [0.2, 0.25) is 0 Å². The number of hydrogen-bond donors (Lipinski definition) is 1. The molecule has 1 rings (SSSR count). The Morgan fingerprint density at radius 2 is 2.16 bits per heavy atom. The fourth-order valence-corrected chi connectivity index (χ4v) is 2.23. The minimum atomic E-state index is -0.198. The molecule has 0 bridgehead atoms. The summed E-state index contributed by atoms with van der Waals surface area (Å²) in [5.74, 6) is 0.539. The van der Waals surface area contributed by atoms with Crippen molar-refractivity contribution in [2.24, 2.45) is 17.6 Å². The number of hydrogen-bond acceptors (Lipinski definition) is 3. The SMILES string of the molecule is CC(C)C[C@H](CN)CC(=O)OCc1cccc(Cl)c1. The van der Waals surface area contributed by atoms with E-state index in [9.17, 15) is 4.79 Å². The average Bonchev–Trinajstić information content (AvgIpc) is 2.35. The van der Waals surface area contributed by atoms with Crippen LogP contribution >= 0.6 is 11.6 Å². The average molecular weight is 284 g/mol. The lowest BCUT2D eigenvalue weighted by molar-refractivity contribution is -0.146. The molecule has 0 aliphatic rings.